The number of methoxy groups -OCH3 is 1. The molecule has 5 nitrogen and oxygen atoms in total. The van der Waals surface area contributed by atoms with Gasteiger partial charge in [-0.05, 0) is 30.9 Å². The van der Waals surface area contributed by atoms with Crippen LogP contribution in [0.2, 0.25) is 0 Å². The first kappa shape index (κ1) is 16.1. The maximum absolute atomic E-state index is 5.61. The van der Waals surface area contributed by atoms with Crippen molar-refractivity contribution in [1.82, 2.24) is 10.2 Å². The second kappa shape index (κ2) is 7.21. The van der Waals surface area contributed by atoms with Crippen molar-refractivity contribution in [2.45, 2.75) is 19.3 Å². The third-order valence-corrected chi connectivity index (χ3v) is 5.00. The highest BCUT2D eigenvalue weighted by molar-refractivity contribution is 5.80. The number of ether oxygens (including phenoxy) is 2. The van der Waals surface area contributed by atoms with Crippen molar-refractivity contribution in [2.24, 2.45) is 10.4 Å². The van der Waals surface area contributed by atoms with Crippen LogP contribution >= 0.6 is 0 Å². The highest BCUT2D eigenvalue weighted by Crippen LogP contribution is 2.38. The highest BCUT2D eigenvalue weighted by atomic mass is 16.5. The molecule has 0 aliphatic carbocycles. The Balaban J connectivity index is 1.52. The van der Waals surface area contributed by atoms with Crippen LogP contribution in [-0.2, 0) is 11.2 Å². The van der Waals surface area contributed by atoms with E-state index in [1.165, 1.54) is 18.4 Å². The number of para-hydroxylation sites is 1. The van der Waals surface area contributed by atoms with E-state index in [2.05, 4.69) is 27.3 Å². The molecule has 1 aromatic rings. The van der Waals surface area contributed by atoms with Gasteiger partial charge in [-0.15, -0.1) is 0 Å². The molecule has 0 radical (unpaired) electrons. The summed E-state index contributed by atoms with van der Waals surface area (Å²) in [5, 5.41) is 3.50. The van der Waals surface area contributed by atoms with Crippen molar-refractivity contribution in [1.29, 1.82) is 0 Å². The average molecular weight is 317 g/mol. The van der Waals surface area contributed by atoms with Crippen LogP contribution in [0.25, 0.3) is 0 Å². The lowest BCUT2D eigenvalue weighted by Gasteiger charge is -2.25. The maximum atomic E-state index is 5.61. The molecule has 5 heteroatoms. The zero-order chi connectivity index (χ0) is 16.1. The fourth-order valence-electron chi connectivity index (χ4n) is 3.64. The Morgan fingerprint density at radius 2 is 2.26 bits per heavy atom. The molecule has 126 valence electrons. The van der Waals surface area contributed by atoms with Gasteiger partial charge in [-0.2, -0.15) is 0 Å². The van der Waals surface area contributed by atoms with Crippen LogP contribution < -0.4 is 10.1 Å². The summed E-state index contributed by atoms with van der Waals surface area (Å²) in [5.74, 6) is 1.95. The minimum Gasteiger partial charge on any atom is -0.496 e. The summed E-state index contributed by atoms with van der Waals surface area (Å²) in [6, 6.07) is 8.18. The number of nitrogens with zero attached hydrogens (tertiary/aromatic N) is 2. The molecular weight excluding hydrogens is 290 g/mol. The summed E-state index contributed by atoms with van der Waals surface area (Å²) in [6.07, 6.45) is 3.31. The van der Waals surface area contributed by atoms with Crippen LogP contribution in [0.4, 0.5) is 0 Å². The minimum atomic E-state index is 0.361. The molecule has 2 heterocycles. The fraction of sp³-hybridized carbons (Fsp3) is 0.611. The first-order valence-corrected chi connectivity index (χ1v) is 8.42. The molecule has 2 saturated heterocycles. The van der Waals surface area contributed by atoms with E-state index in [1.54, 1.807) is 7.11 Å². The highest BCUT2D eigenvalue weighted by Gasteiger charge is 2.42. The zero-order valence-corrected chi connectivity index (χ0v) is 14.2. The third kappa shape index (κ3) is 3.61. The SMILES string of the molecule is CN=C(NCCc1ccccc1OC)N1CCC2(CCOC2)C1. The summed E-state index contributed by atoms with van der Waals surface area (Å²) in [6.45, 7) is 4.79. The van der Waals surface area contributed by atoms with Crippen molar-refractivity contribution >= 4 is 5.96 Å². The van der Waals surface area contributed by atoms with E-state index in [9.17, 15) is 0 Å². The predicted molar refractivity (Wildman–Crippen MR) is 92.1 cm³/mol. The molecule has 0 amide bonds. The number of hydrogen-bond donors (Lipinski definition) is 1. The zero-order valence-electron chi connectivity index (χ0n) is 14.2. The Labute approximate surface area is 138 Å². The van der Waals surface area contributed by atoms with Crippen LogP contribution in [0, 0.1) is 5.41 Å². The number of benzene rings is 1. The lowest BCUT2D eigenvalue weighted by atomic mass is 9.87. The van der Waals surface area contributed by atoms with Gasteiger partial charge in [0.1, 0.15) is 5.75 Å². The second-order valence-corrected chi connectivity index (χ2v) is 6.51. The molecular formula is C18H27N3O2. The van der Waals surface area contributed by atoms with Gasteiger partial charge in [0.25, 0.3) is 0 Å². The molecule has 1 aromatic carbocycles. The van der Waals surface area contributed by atoms with Crippen LogP contribution in [0.3, 0.4) is 0 Å². The number of hydrogen-bond acceptors (Lipinski definition) is 3. The summed E-state index contributed by atoms with van der Waals surface area (Å²) >= 11 is 0. The molecule has 0 bridgehead atoms. The van der Waals surface area contributed by atoms with Gasteiger partial charge < -0.3 is 19.7 Å². The Kier molecular flexibility index (Phi) is 5.06. The predicted octanol–water partition coefficient (Wildman–Crippen LogP) is 1.93. The fourth-order valence-corrected chi connectivity index (χ4v) is 3.64. The molecule has 1 unspecified atom stereocenters. The summed E-state index contributed by atoms with van der Waals surface area (Å²) < 4.78 is 11.0. The van der Waals surface area contributed by atoms with Crippen LogP contribution in [-0.4, -0.2) is 57.9 Å². The minimum absolute atomic E-state index is 0.361. The van der Waals surface area contributed by atoms with Crippen molar-refractivity contribution < 1.29 is 9.47 Å². The van der Waals surface area contributed by atoms with E-state index >= 15 is 0 Å². The quantitative estimate of drug-likeness (QED) is 0.681. The topological polar surface area (TPSA) is 46.1 Å². The van der Waals surface area contributed by atoms with Crippen molar-refractivity contribution in [3.63, 3.8) is 0 Å². The van der Waals surface area contributed by atoms with Gasteiger partial charge >= 0.3 is 0 Å². The molecule has 1 atom stereocenters. The normalized spacial score (nSPS) is 24.4. The van der Waals surface area contributed by atoms with Gasteiger partial charge in [-0.25, -0.2) is 0 Å². The second-order valence-electron chi connectivity index (χ2n) is 6.51. The summed E-state index contributed by atoms with van der Waals surface area (Å²) in [4.78, 5) is 6.83. The molecule has 2 aliphatic rings. The summed E-state index contributed by atoms with van der Waals surface area (Å²) in [7, 11) is 3.58. The number of aliphatic imine (C=N–C) groups is 1. The van der Waals surface area contributed by atoms with E-state index in [-0.39, 0.29) is 0 Å². The first-order chi connectivity index (χ1) is 11.3. The third-order valence-electron chi connectivity index (χ3n) is 5.00. The van der Waals surface area contributed by atoms with Crippen molar-refractivity contribution in [3.05, 3.63) is 29.8 Å². The van der Waals surface area contributed by atoms with Gasteiger partial charge in [0, 0.05) is 38.7 Å². The summed E-state index contributed by atoms with van der Waals surface area (Å²) in [5.41, 5.74) is 1.58. The maximum Gasteiger partial charge on any atom is 0.193 e. The molecule has 1 N–H and O–H groups in total. The van der Waals surface area contributed by atoms with Gasteiger partial charge in [0.15, 0.2) is 5.96 Å². The molecule has 0 aromatic heterocycles. The van der Waals surface area contributed by atoms with E-state index in [1.807, 2.05) is 19.2 Å². The molecule has 2 fully saturated rings. The smallest absolute Gasteiger partial charge is 0.193 e. The number of rotatable bonds is 4. The van der Waals surface area contributed by atoms with E-state index in [4.69, 9.17) is 9.47 Å². The van der Waals surface area contributed by atoms with E-state index < -0.39 is 0 Å². The van der Waals surface area contributed by atoms with Gasteiger partial charge in [-0.1, -0.05) is 18.2 Å². The molecule has 3 rings (SSSR count). The lowest BCUT2D eigenvalue weighted by molar-refractivity contribution is 0.156. The molecule has 0 saturated carbocycles. The molecule has 2 aliphatic heterocycles. The molecule has 23 heavy (non-hydrogen) atoms. The monoisotopic (exact) mass is 317 g/mol. The largest absolute Gasteiger partial charge is 0.496 e. The Morgan fingerprint density at radius 3 is 3.00 bits per heavy atom. The lowest BCUT2D eigenvalue weighted by Crippen LogP contribution is -2.42. The first-order valence-electron chi connectivity index (χ1n) is 8.42. The van der Waals surface area contributed by atoms with E-state index in [0.29, 0.717) is 5.41 Å². The van der Waals surface area contributed by atoms with Gasteiger partial charge in [0.2, 0.25) is 0 Å². The number of nitrogens with one attached hydrogen (secondary N) is 1. The van der Waals surface area contributed by atoms with Crippen molar-refractivity contribution in [3.8, 4) is 5.75 Å². The Hall–Kier alpha value is -1.75. The van der Waals surface area contributed by atoms with Crippen LogP contribution in [0.5, 0.6) is 5.75 Å². The van der Waals surface area contributed by atoms with Gasteiger partial charge in [-0.3, -0.25) is 4.99 Å². The molecule has 1 spiro atoms. The van der Waals surface area contributed by atoms with Crippen molar-refractivity contribution in [2.75, 3.05) is 47.0 Å². The Bertz CT molecular complexity index is 553. The van der Waals surface area contributed by atoms with Gasteiger partial charge in [0.05, 0.1) is 13.7 Å². The van der Waals surface area contributed by atoms with Crippen LogP contribution in [0.15, 0.2) is 29.3 Å². The average Bonchev–Trinajstić information content (AvgIpc) is 3.22. The Morgan fingerprint density at radius 1 is 1.39 bits per heavy atom. The van der Waals surface area contributed by atoms with Crippen LogP contribution in [0.1, 0.15) is 18.4 Å². The number of guanidine groups is 1. The number of likely N-dealkylation sites (tertiary alicyclic amines) is 1. The van der Waals surface area contributed by atoms with E-state index in [0.717, 1.165) is 51.0 Å². The standard InChI is InChI=1S/C18H27N3O2/c1-19-17(21-11-8-18(13-21)9-12-23-14-18)20-10-7-15-5-3-4-6-16(15)22-2/h3-6H,7-14H2,1-2H3,(H,19,20).